The minimum absolute atomic E-state index is 0.0510. The summed E-state index contributed by atoms with van der Waals surface area (Å²) in [7, 11) is 0. The van der Waals surface area contributed by atoms with Crippen molar-refractivity contribution in [1.82, 2.24) is 0 Å². The molecule has 0 aliphatic heterocycles. The van der Waals surface area contributed by atoms with Gasteiger partial charge in [0.2, 0.25) is 5.91 Å². The number of hydrogen-bond donors (Lipinski definition) is 2. The summed E-state index contributed by atoms with van der Waals surface area (Å²) < 4.78 is 0. The zero-order valence-corrected chi connectivity index (χ0v) is 11.9. The summed E-state index contributed by atoms with van der Waals surface area (Å²) in [4.78, 5) is 32.6. The first-order chi connectivity index (χ1) is 9.85. The van der Waals surface area contributed by atoms with Crippen LogP contribution in [-0.4, -0.2) is 29.4 Å². The van der Waals surface area contributed by atoms with E-state index >= 15 is 0 Å². The lowest BCUT2D eigenvalue weighted by atomic mass is 10.2. The third-order valence-electron chi connectivity index (χ3n) is 2.65. The Bertz CT molecular complexity index is 564. The molecule has 1 rings (SSSR count). The lowest BCUT2D eigenvalue weighted by molar-refractivity contribution is -0.679. The zero-order valence-electron chi connectivity index (χ0n) is 11.2. The second-order valence-corrected chi connectivity index (χ2v) is 4.65. The maximum absolute atomic E-state index is 11.7. The summed E-state index contributed by atoms with van der Waals surface area (Å²) in [6.45, 7) is 2.23. The molecule has 0 saturated heterocycles. The lowest BCUT2D eigenvalue weighted by Gasteiger charge is -2.15. The highest BCUT2D eigenvalue weighted by Crippen LogP contribution is 2.27. The van der Waals surface area contributed by atoms with Crippen molar-refractivity contribution in [1.29, 1.82) is 0 Å². The topological polar surface area (TPSA) is 129 Å². The van der Waals surface area contributed by atoms with Crippen molar-refractivity contribution in [2.75, 3.05) is 11.9 Å². The summed E-state index contributed by atoms with van der Waals surface area (Å²) in [6, 6.07) is 2.78. The molecule has 0 aromatic heterocycles. The summed E-state index contributed by atoms with van der Waals surface area (Å²) in [5.41, 5.74) is -0.171. The molecule has 0 heterocycles. The van der Waals surface area contributed by atoms with Crippen molar-refractivity contribution in [3.63, 3.8) is 0 Å². The number of nitro groups is 1. The highest BCUT2D eigenvalue weighted by molar-refractivity contribution is 6.32. The largest absolute Gasteiger partial charge is 0.544 e. The van der Waals surface area contributed by atoms with E-state index in [-0.39, 0.29) is 22.8 Å². The average Bonchev–Trinajstić information content (AvgIpc) is 2.40. The van der Waals surface area contributed by atoms with Crippen LogP contribution in [0.5, 0.6) is 0 Å². The van der Waals surface area contributed by atoms with Crippen LogP contribution < -0.4 is 15.7 Å². The Morgan fingerprint density at radius 2 is 2.14 bits per heavy atom. The van der Waals surface area contributed by atoms with E-state index in [2.05, 4.69) is 5.32 Å². The molecule has 8 nitrogen and oxygen atoms in total. The van der Waals surface area contributed by atoms with Crippen LogP contribution >= 0.6 is 11.6 Å². The van der Waals surface area contributed by atoms with Crippen LogP contribution in [0.4, 0.5) is 11.4 Å². The number of hydrogen-bond acceptors (Lipinski definition) is 5. The summed E-state index contributed by atoms with van der Waals surface area (Å²) in [5.74, 6) is -1.92. The molecule has 1 atom stereocenters. The molecular formula is C12H14ClN3O5. The van der Waals surface area contributed by atoms with Crippen molar-refractivity contribution in [3.8, 4) is 0 Å². The fourth-order valence-electron chi connectivity index (χ4n) is 1.69. The number of halogens is 1. The Hall–Kier alpha value is -2.19. The second kappa shape index (κ2) is 7.55. The second-order valence-electron chi connectivity index (χ2n) is 4.25. The standard InChI is InChI=1S/C12H14ClN3O5/c1-2-14-9(12(18)19)6-11(17)15-7-3-4-8(13)10(5-7)16(20)21/h3-5,9,14H,2,6H2,1H3,(H,15,17)(H,18,19)/t9-/m1/s1. The van der Waals surface area contributed by atoms with Gasteiger partial charge in [0.25, 0.3) is 5.69 Å². The highest BCUT2D eigenvalue weighted by atomic mass is 35.5. The number of likely N-dealkylation sites (N-methyl/N-ethyl adjacent to an activating group) is 1. The molecule has 21 heavy (non-hydrogen) atoms. The van der Waals surface area contributed by atoms with E-state index in [0.717, 1.165) is 6.07 Å². The van der Waals surface area contributed by atoms with Crippen LogP contribution in [0.2, 0.25) is 5.02 Å². The molecule has 0 aliphatic carbocycles. The smallest absolute Gasteiger partial charge is 0.289 e. The van der Waals surface area contributed by atoms with Crippen LogP contribution in [0.1, 0.15) is 13.3 Å². The Balaban J connectivity index is 2.77. The SMILES string of the molecule is CC[NH2+][C@H](CC(=O)Nc1ccc(Cl)c([N+](=O)[O-])c1)C(=O)[O-]. The fraction of sp³-hybridized carbons (Fsp3) is 0.333. The number of aliphatic carboxylic acids is 1. The number of amides is 1. The number of nitrogens with two attached hydrogens (primary N) is 1. The quantitative estimate of drug-likeness (QED) is 0.506. The molecule has 1 amide bonds. The number of nitrogens with zero attached hydrogens (tertiary/aromatic N) is 1. The molecule has 1 aromatic carbocycles. The van der Waals surface area contributed by atoms with Crippen LogP contribution in [0, 0.1) is 10.1 Å². The number of nitrogens with one attached hydrogen (secondary N) is 1. The van der Waals surface area contributed by atoms with Gasteiger partial charge in [0.1, 0.15) is 11.1 Å². The molecule has 1 aromatic rings. The van der Waals surface area contributed by atoms with Gasteiger partial charge in [-0.3, -0.25) is 14.9 Å². The predicted molar refractivity (Wildman–Crippen MR) is 72.6 cm³/mol. The Morgan fingerprint density at radius 1 is 1.48 bits per heavy atom. The lowest BCUT2D eigenvalue weighted by Crippen LogP contribution is -2.93. The number of carboxylic acid groups (broad SMARTS) is 1. The number of carbonyl (C=O) groups is 2. The molecule has 0 aliphatic rings. The van der Waals surface area contributed by atoms with E-state index in [0.29, 0.717) is 6.54 Å². The summed E-state index contributed by atoms with van der Waals surface area (Å²) in [5, 5.41) is 25.4. The molecule has 0 unspecified atom stereocenters. The minimum Gasteiger partial charge on any atom is -0.544 e. The third-order valence-corrected chi connectivity index (χ3v) is 2.97. The molecule has 0 saturated carbocycles. The molecule has 0 spiro atoms. The van der Waals surface area contributed by atoms with Gasteiger partial charge in [0.15, 0.2) is 0 Å². The first-order valence-electron chi connectivity index (χ1n) is 6.13. The predicted octanol–water partition coefficient (Wildman–Crippen LogP) is -0.721. The van der Waals surface area contributed by atoms with Gasteiger partial charge in [-0.15, -0.1) is 0 Å². The highest BCUT2D eigenvalue weighted by Gasteiger charge is 2.19. The van der Waals surface area contributed by atoms with Gasteiger partial charge in [-0.1, -0.05) is 11.6 Å². The maximum atomic E-state index is 11.7. The van der Waals surface area contributed by atoms with Crippen LogP contribution in [-0.2, 0) is 9.59 Å². The van der Waals surface area contributed by atoms with Gasteiger partial charge < -0.3 is 20.5 Å². The van der Waals surface area contributed by atoms with E-state index in [1.54, 1.807) is 6.92 Å². The van der Waals surface area contributed by atoms with Crippen LogP contribution in [0.15, 0.2) is 18.2 Å². The van der Waals surface area contributed by atoms with Gasteiger partial charge in [0.05, 0.1) is 23.9 Å². The van der Waals surface area contributed by atoms with E-state index in [9.17, 15) is 24.8 Å². The molecule has 0 fully saturated rings. The third kappa shape index (κ3) is 5.01. The number of nitro benzene ring substituents is 1. The van der Waals surface area contributed by atoms with Gasteiger partial charge in [0, 0.05) is 11.8 Å². The molecule has 114 valence electrons. The number of quaternary nitrogens is 1. The van der Waals surface area contributed by atoms with Crippen molar-refractivity contribution >= 4 is 34.9 Å². The Kier molecular flexibility index (Phi) is 6.07. The molecule has 0 bridgehead atoms. The Morgan fingerprint density at radius 3 is 2.67 bits per heavy atom. The number of benzene rings is 1. The monoisotopic (exact) mass is 315 g/mol. The minimum atomic E-state index is -1.34. The number of carboxylic acids is 1. The van der Waals surface area contributed by atoms with Crippen molar-refractivity contribution in [2.45, 2.75) is 19.4 Å². The number of anilines is 1. The van der Waals surface area contributed by atoms with Crippen LogP contribution in [0.3, 0.4) is 0 Å². The molecule has 9 heteroatoms. The van der Waals surface area contributed by atoms with E-state index < -0.39 is 22.8 Å². The van der Waals surface area contributed by atoms with Crippen molar-refractivity contribution in [2.24, 2.45) is 0 Å². The molecule has 0 radical (unpaired) electrons. The fourth-order valence-corrected chi connectivity index (χ4v) is 1.88. The van der Waals surface area contributed by atoms with Gasteiger partial charge >= 0.3 is 0 Å². The normalized spacial score (nSPS) is 11.7. The van der Waals surface area contributed by atoms with Crippen LogP contribution in [0.25, 0.3) is 0 Å². The molecule has 3 N–H and O–H groups in total. The average molecular weight is 316 g/mol. The van der Waals surface area contributed by atoms with Gasteiger partial charge in [-0.25, -0.2) is 0 Å². The maximum Gasteiger partial charge on any atom is 0.289 e. The van der Waals surface area contributed by atoms with Gasteiger partial charge in [-0.05, 0) is 19.1 Å². The number of rotatable bonds is 7. The van der Waals surface area contributed by atoms with Gasteiger partial charge in [-0.2, -0.15) is 0 Å². The Labute approximate surface area is 125 Å². The molecular weight excluding hydrogens is 302 g/mol. The van der Waals surface area contributed by atoms with E-state index in [4.69, 9.17) is 11.6 Å². The van der Waals surface area contributed by atoms with Crippen molar-refractivity contribution in [3.05, 3.63) is 33.3 Å². The van der Waals surface area contributed by atoms with Crippen molar-refractivity contribution < 1.29 is 24.9 Å². The first kappa shape index (κ1) is 16.9. The van der Waals surface area contributed by atoms with E-state index in [1.807, 2.05) is 0 Å². The zero-order chi connectivity index (χ0) is 16.0. The summed E-state index contributed by atoms with van der Waals surface area (Å²) >= 11 is 5.65. The number of carbonyl (C=O) groups excluding carboxylic acids is 2. The van der Waals surface area contributed by atoms with E-state index in [1.165, 1.54) is 17.4 Å². The first-order valence-corrected chi connectivity index (χ1v) is 6.51. The summed E-state index contributed by atoms with van der Waals surface area (Å²) in [6.07, 6.45) is -0.299.